The molecule has 0 saturated heterocycles. The van der Waals surface area contributed by atoms with Gasteiger partial charge in [-0.15, -0.1) is 0 Å². The Hall–Kier alpha value is -2.67. The quantitative estimate of drug-likeness (QED) is 0.460. The minimum Gasteiger partial charge on any atom is -0.471 e. The third-order valence-corrected chi connectivity index (χ3v) is 6.07. The second-order valence-electron chi connectivity index (χ2n) is 7.61. The second kappa shape index (κ2) is 6.94. The van der Waals surface area contributed by atoms with Gasteiger partial charge in [0.2, 0.25) is 0 Å². The van der Waals surface area contributed by atoms with E-state index in [2.05, 4.69) is 0 Å². The number of rotatable bonds is 1. The van der Waals surface area contributed by atoms with Crippen LogP contribution < -0.4 is 15.3 Å². The summed E-state index contributed by atoms with van der Waals surface area (Å²) in [6.07, 6.45) is -0.969. The van der Waals surface area contributed by atoms with E-state index in [-0.39, 0.29) is 12.4 Å². The first-order chi connectivity index (χ1) is 14.3. The van der Waals surface area contributed by atoms with E-state index in [0.29, 0.717) is 46.1 Å². The fourth-order valence-corrected chi connectivity index (χ4v) is 4.57. The normalized spacial score (nSPS) is 16.2. The molecule has 1 aliphatic heterocycles. The highest BCUT2D eigenvalue weighted by atomic mass is 35.5. The first-order valence-electron chi connectivity index (χ1n) is 9.68. The van der Waals surface area contributed by atoms with E-state index in [0.717, 1.165) is 42.3 Å². The van der Waals surface area contributed by atoms with Crippen LogP contribution in [0.1, 0.15) is 35.1 Å². The van der Waals surface area contributed by atoms with Gasteiger partial charge in [-0.05, 0) is 61.6 Å². The number of benzene rings is 2. The number of alkyl halides is 3. The fraction of sp³-hybridized carbons (Fsp3) is 0.318. The predicted molar refractivity (Wildman–Crippen MR) is 107 cm³/mol. The molecule has 8 heteroatoms. The van der Waals surface area contributed by atoms with Gasteiger partial charge >= 0.3 is 11.8 Å². The molecule has 0 atom stereocenters. The van der Waals surface area contributed by atoms with Gasteiger partial charge in [0, 0.05) is 16.6 Å². The molecule has 0 radical (unpaired) electrons. The van der Waals surface area contributed by atoms with Crippen molar-refractivity contribution in [2.75, 3.05) is 11.6 Å². The van der Waals surface area contributed by atoms with Crippen molar-refractivity contribution in [1.82, 2.24) is 0 Å². The molecule has 1 aromatic heterocycles. The summed E-state index contributed by atoms with van der Waals surface area (Å²) in [7, 11) is 0. The molecular weight excluding hydrogens is 419 g/mol. The van der Waals surface area contributed by atoms with Crippen LogP contribution in [0.4, 0.5) is 18.9 Å². The van der Waals surface area contributed by atoms with Crippen LogP contribution in [0.2, 0.25) is 5.02 Å². The summed E-state index contributed by atoms with van der Waals surface area (Å²) < 4.78 is 50.1. The van der Waals surface area contributed by atoms with Crippen LogP contribution in [0.5, 0.6) is 5.75 Å². The summed E-state index contributed by atoms with van der Waals surface area (Å²) in [5, 5.41) is 1.25. The first kappa shape index (κ1) is 19.3. The molecule has 2 aliphatic rings. The van der Waals surface area contributed by atoms with Gasteiger partial charge in [-0.3, -0.25) is 0 Å². The summed E-state index contributed by atoms with van der Waals surface area (Å²) in [5.41, 5.74) is 2.28. The van der Waals surface area contributed by atoms with Crippen molar-refractivity contribution in [2.45, 2.75) is 38.4 Å². The van der Waals surface area contributed by atoms with Crippen molar-refractivity contribution in [3.05, 3.63) is 68.0 Å². The Bertz CT molecular complexity index is 1200. The standard InChI is InChI=1S/C22H17ClF3NO3/c23-18-9-16-14-3-1-2-4-15(14)21(28)30-19(16)17-10-27(11-29-20(17)18)13-7-5-12(6-8-13)22(24,25)26/h5-9H,1-4,10-11H2. The largest absolute Gasteiger partial charge is 0.471 e. The van der Waals surface area contributed by atoms with Crippen LogP contribution in [-0.4, -0.2) is 6.73 Å². The molecule has 0 spiro atoms. The van der Waals surface area contributed by atoms with E-state index in [1.165, 1.54) is 12.1 Å². The van der Waals surface area contributed by atoms with Gasteiger partial charge in [0.05, 0.1) is 22.7 Å². The number of hydrogen-bond donors (Lipinski definition) is 0. The molecule has 156 valence electrons. The average Bonchev–Trinajstić information content (AvgIpc) is 2.74. The maximum atomic E-state index is 12.9. The van der Waals surface area contributed by atoms with Crippen molar-refractivity contribution < 1.29 is 22.3 Å². The minimum atomic E-state index is -4.39. The van der Waals surface area contributed by atoms with Gasteiger partial charge < -0.3 is 14.1 Å². The molecule has 1 aliphatic carbocycles. The molecule has 5 rings (SSSR count). The number of ether oxygens (including phenoxy) is 1. The van der Waals surface area contributed by atoms with Crippen LogP contribution in [0, 0.1) is 0 Å². The predicted octanol–water partition coefficient (Wildman–Crippen LogP) is 5.70. The van der Waals surface area contributed by atoms with Gasteiger partial charge in [0.25, 0.3) is 0 Å². The Morgan fingerprint density at radius 1 is 1.00 bits per heavy atom. The van der Waals surface area contributed by atoms with Gasteiger partial charge in [-0.25, -0.2) is 4.79 Å². The van der Waals surface area contributed by atoms with Crippen LogP contribution in [0.3, 0.4) is 0 Å². The Balaban J connectivity index is 1.59. The maximum Gasteiger partial charge on any atom is 0.416 e. The lowest BCUT2D eigenvalue weighted by Crippen LogP contribution is -2.32. The number of hydrogen-bond acceptors (Lipinski definition) is 4. The van der Waals surface area contributed by atoms with E-state index in [4.69, 9.17) is 20.8 Å². The van der Waals surface area contributed by atoms with Crippen LogP contribution in [0.15, 0.2) is 39.5 Å². The van der Waals surface area contributed by atoms with Gasteiger partial charge in [0.15, 0.2) is 6.73 Å². The summed E-state index contributed by atoms with van der Waals surface area (Å²) in [4.78, 5) is 14.3. The third-order valence-electron chi connectivity index (χ3n) is 5.79. The number of nitrogens with zero attached hydrogens (tertiary/aromatic N) is 1. The van der Waals surface area contributed by atoms with Gasteiger partial charge in [0.1, 0.15) is 11.3 Å². The van der Waals surface area contributed by atoms with Crippen LogP contribution in [0.25, 0.3) is 11.0 Å². The zero-order chi connectivity index (χ0) is 21.0. The molecule has 3 aromatic rings. The molecule has 0 N–H and O–H groups in total. The Morgan fingerprint density at radius 3 is 2.40 bits per heavy atom. The number of aryl methyl sites for hydroxylation is 1. The lowest BCUT2D eigenvalue weighted by Gasteiger charge is -2.32. The summed E-state index contributed by atoms with van der Waals surface area (Å²) in [6, 6.07) is 6.68. The van der Waals surface area contributed by atoms with Gasteiger partial charge in [-0.2, -0.15) is 13.2 Å². The van der Waals surface area contributed by atoms with Crippen molar-refractivity contribution >= 4 is 28.3 Å². The van der Waals surface area contributed by atoms with E-state index in [1.54, 1.807) is 11.0 Å². The number of anilines is 1. The molecule has 0 fully saturated rings. The van der Waals surface area contributed by atoms with Crippen molar-refractivity contribution in [1.29, 1.82) is 0 Å². The molecular formula is C22H17ClF3NO3. The second-order valence-corrected chi connectivity index (χ2v) is 8.02. The molecule has 2 aromatic carbocycles. The summed E-state index contributed by atoms with van der Waals surface area (Å²) in [5.74, 6) is 0.450. The van der Waals surface area contributed by atoms with Crippen LogP contribution >= 0.6 is 11.6 Å². The molecule has 30 heavy (non-hydrogen) atoms. The molecule has 0 unspecified atom stereocenters. The van der Waals surface area contributed by atoms with Crippen LogP contribution in [-0.2, 0) is 25.6 Å². The van der Waals surface area contributed by atoms with Gasteiger partial charge in [-0.1, -0.05) is 11.6 Å². The Kier molecular flexibility index (Phi) is 4.47. The fourth-order valence-electron chi connectivity index (χ4n) is 4.30. The average molecular weight is 436 g/mol. The monoisotopic (exact) mass is 435 g/mol. The smallest absolute Gasteiger partial charge is 0.416 e. The first-order valence-corrected chi connectivity index (χ1v) is 10.1. The molecule has 0 bridgehead atoms. The van der Waals surface area contributed by atoms with E-state index < -0.39 is 11.7 Å². The lowest BCUT2D eigenvalue weighted by atomic mass is 9.90. The zero-order valence-corrected chi connectivity index (χ0v) is 16.6. The number of fused-ring (bicyclic) bond motifs is 5. The van der Waals surface area contributed by atoms with E-state index >= 15 is 0 Å². The third kappa shape index (κ3) is 3.12. The highest BCUT2D eigenvalue weighted by Crippen LogP contribution is 2.42. The molecule has 0 amide bonds. The Labute approximate surface area is 174 Å². The minimum absolute atomic E-state index is 0.124. The topological polar surface area (TPSA) is 42.7 Å². The lowest BCUT2D eigenvalue weighted by molar-refractivity contribution is -0.137. The maximum absolute atomic E-state index is 12.9. The molecule has 4 nitrogen and oxygen atoms in total. The van der Waals surface area contributed by atoms with E-state index in [1.807, 2.05) is 0 Å². The van der Waals surface area contributed by atoms with Crippen molar-refractivity contribution in [3.63, 3.8) is 0 Å². The van der Waals surface area contributed by atoms with Crippen molar-refractivity contribution in [3.8, 4) is 5.75 Å². The van der Waals surface area contributed by atoms with Crippen molar-refractivity contribution in [2.24, 2.45) is 0 Å². The highest BCUT2D eigenvalue weighted by molar-refractivity contribution is 6.33. The summed E-state index contributed by atoms with van der Waals surface area (Å²) in [6.45, 7) is 0.429. The molecule has 2 heterocycles. The highest BCUT2D eigenvalue weighted by Gasteiger charge is 2.31. The SMILES string of the molecule is O=c1oc2c3c(c(Cl)cc2c2c1CCCC2)OCN(c1ccc(C(F)(F)F)cc1)C3. The zero-order valence-electron chi connectivity index (χ0n) is 15.8. The van der Waals surface area contributed by atoms with E-state index in [9.17, 15) is 18.0 Å². The molecule has 0 saturated carbocycles. The Morgan fingerprint density at radius 2 is 1.70 bits per heavy atom. The summed E-state index contributed by atoms with van der Waals surface area (Å²) >= 11 is 6.48. The number of halogens is 4.